The molecule has 0 aromatic carbocycles. The first-order valence-electron chi connectivity index (χ1n) is 5.07. The molecule has 1 saturated heterocycles. The van der Waals surface area contributed by atoms with E-state index in [1.807, 2.05) is 17.8 Å². The lowest BCUT2D eigenvalue weighted by Gasteiger charge is -2.32. The summed E-state index contributed by atoms with van der Waals surface area (Å²) >= 11 is 5.50. The maximum atomic E-state index is 5.83. The highest BCUT2D eigenvalue weighted by molar-refractivity contribution is 9.10. The molecule has 0 amide bonds. The van der Waals surface area contributed by atoms with Gasteiger partial charge in [0.15, 0.2) is 0 Å². The van der Waals surface area contributed by atoms with Crippen LogP contribution in [0.2, 0.25) is 0 Å². The lowest BCUT2D eigenvalue weighted by molar-refractivity contribution is 0.196. The van der Waals surface area contributed by atoms with Crippen molar-refractivity contribution in [1.82, 2.24) is 4.90 Å². The monoisotopic (exact) mass is 290 g/mol. The summed E-state index contributed by atoms with van der Waals surface area (Å²) in [5.74, 6) is 3.34. The van der Waals surface area contributed by atoms with E-state index in [-0.39, 0.29) is 6.04 Å². The van der Waals surface area contributed by atoms with Crippen LogP contribution in [-0.2, 0) is 0 Å². The first-order valence-corrected chi connectivity index (χ1v) is 7.02. The van der Waals surface area contributed by atoms with E-state index < -0.39 is 0 Å². The zero-order valence-corrected chi connectivity index (χ0v) is 10.9. The molecule has 1 aromatic heterocycles. The van der Waals surface area contributed by atoms with E-state index >= 15 is 0 Å². The van der Waals surface area contributed by atoms with Crippen molar-refractivity contribution in [1.29, 1.82) is 0 Å². The highest BCUT2D eigenvalue weighted by atomic mass is 79.9. The Labute approximate surface area is 102 Å². The number of thioether (sulfide) groups is 1. The summed E-state index contributed by atoms with van der Waals surface area (Å²) in [5, 5.41) is 0. The Morgan fingerprint density at radius 2 is 2.27 bits per heavy atom. The van der Waals surface area contributed by atoms with Gasteiger partial charge in [-0.2, -0.15) is 11.8 Å². The molecule has 1 unspecified atom stereocenters. The minimum Gasteiger partial charge on any atom is -0.466 e. The van der Waals surface area contributed by atoms with Gasteiger partial charge in [0.2, 0.25) is 0 Å². The Bertz CT molecular complexity index is 312. The van der Waals surface area contributed by atoms with Gasteiger partial charge in [-0.1, -0.05) is 0 Å². The van der Waals surface area contributed by atoms with Gasteiger partial charge >= 0.3 is 0 Å². The van der Waals surface area contributed by atoms with Gasteiger partial charge in [0.1, 0.15) is 5.76 Å². The minimum atomic E-state index is 0.218. The van der Waals surface area contributed by atoms with Gasteiger partial charge in [-0.25, -0.2) is 0 Å². The van der Waals surface area contributed by atoms with E-state index in [2.05, 4.69) is 20.8 Å². The molecule has 2 N–H and O–H groups in total. The van der Waals surface area contributed by atoms with Crippen molar-refractivity contribution in [3.63, 3.8) is 0 Å². The summed E-state index contributed by atoms with van der Waals surface area (Å²) in [6.45, 7) is 2.80. The van der Waals surface area contributed by atoms with Gasteiger partial charge in [-0.15, -0.1) is 0 Å². The molecular weight excluding hydrogens is 276 g/mol. The van der Waals surface area contributed by atoms with Crippen molar-refractivity contribution < 1.29 is 4.42 Å². The molecule has 84 valence electrons. The second-order valence-corrected chi connectivity index (χ2v) is 5.61. The Balaban J connectivity index is 2.12. The van der Waals surface area contributed by atoms with Crippen molar-refractivity contribution in [2.75, 3.05) is 31.1 Å². The van der Waals surface area contributed by atoms with Gasteiger partial charge in [0.25, 0.3) is 0 Å². The van der Waals surface area contributed by atoms with Gasteiger partial charge in [-0.05, 0) is 22.0 Å². The van der Waals surface area contributed by atoms with Crippen LogP contribution in [0.3, 0.4) is 0 Å². The molecule has 3 nitrogen and oxygen atoms in total. The van der Waals surface area contributed by atoms with E-state index in [0.717, 1.165) is 23.3 Å². The first kappa shape index (κ1) is 11.5. The smallest absolute Gasteiger partial charge is 0.136 e. The molecular formula is C10H15BrN2OS. The fraction of sp³-hybridized carbons (Fsp3) is 0.600. The molecule has 0 radical (unpaired) electrons. The first-order chi connectivity index (χ1) is 7.33. The number of hydrogen-bond acceptors (Lipinski definition) is 4. The van der Waals surface area contributed by atoms with Gasteiger partial charge in [0, 0.05) is 31.1 Å². The molecule has 2 heterocycles. The maximum Gasteiger partial charge on any atom is 0.136 e. The van der Waals surface area contributed by atoms with Crippen LogP contribution in [0, 0.1) is 0 Å². The number of nitrogens with zero attached hydrogens (tertiary/aromatic N) is 1. The maximum absolute atomic E-state index is 5.83. The number of rotatable bonds is 3. The fourth-order valence-corrected chi connectivity index (χ4v) is 3.25. The molecule has 0 aliphatic carbocycles. The van der Waals surface area contributed by atoms with E-state index in [9.17, 15) is 0 Å². The van der Waals surface area contributed by atoms with Crippen LogP contribution in [0.1, 0.15) is 11.8 Å². The van der Waals surface area contributed by atoms with Crippen molar-refractivity contribution in [3.8, 4) is 0 Å². The number of halogens is 1. The molecule has 5 heteroatoms. The zero-order valence-electron chi connectivity index (χ0n) is 8.49. The normalized spacial score (nSPS) is 20.4. The molecule has 1 atom stereocenters. The number of hydrogen-bond donors (Lipinski definition) is 1. The molecule has 1 fully saturated rings. The molecule has 1 aliphatic heterocycles. The molecule has 1 aliphatic rings. The molecule has 15 heavy (non-hydrogen) atoms. The summed E-state index contributed by atoms with van der Waals surface area (Å²) < 4.78 is 6.52. The van der Waals surface area contributed by atoms with Gasteiger partial charge in [-0.3, -0.25) is 4.90 Å². The van der Waals surface area contributed by atoms with Crippen LogP contribution in [0.4, 0.5) is 0 Å². The summed E-state index contributed by atoms with van der Waals surface area (Å²) in [5.41, 5.74) is 5.83. The van der Waals surface area contributed by atoms with Crippen LogP contribution < -0.4 is 5.73 Å². The zero-order chi connectivity index (χ0) is 10.7. The molecule has 0 saturated carbocycles. The average molecular weight is 291 g/mol. The lowest BCUT2D eigenvalue weighted by Crippen LogP contribution is -2.39. The Kier molecular flexibility index (Phi) is 4.13. The molecule has 0 bridgehead atoms. The van der Waals surface area contributed by atoms with Crippen LogP contribution in [0.5, 0.6) is 0 Å². The van der Waals surface area contributed by atoms with Gasteiger partial charge < -0.3 is 10.2 Å². The van der Waals surface area contributed by atoms with E-state index in [4.69, 9.17) is 10.2 Å². The SMILES string of the molecule is NCC(c1occc1Br)N1CCSCC1. The lowest BCUT2D eigenvalue weighted by atomic mass is 10.2. The summed E-state index contributed by atoms with van der Waals surface area (Å²) in [6, 6.07) is 2.15. The average Bonchev–Trinajstić information content (AvgIpc) is 2.68. The Hall–Kier alpha value is 0.0300. The quantitative estimate of drug-likeness (QED) is 0.926. The second kappa shape index (κ2) is 5.39. The fourth-order valence-electron chi connectivity index (χ4n) is 1.85. The Morgan fingerprint density at radius 1 is 1.53 bits per heavy atom. The van der Waals surface area contributed by atoms with Crippen LogP contribution >= 0.6 is 27.7 Å². The van der Waals surface area contributed by atoms with Crippen LogP contribution in [0.25, 0.3) is 0 Å². The van der Waals surface area contributed by atoms with E-state index in [1.165, 1.54) is 11.5 Å². The number of furan rings is 1. The third-order valence-corrected chi connectivity index (χ3v) is 4.25. The molecule has 0 spiro atoms. The van der Waals surface area contributed by atoms with Crippen LogP contribution in [0.15, 0.2) is 21.2 Å². The highest BCUT2D eigenvalue weighted by Gasteiger charge is 2.25. The predicted octanol–water partition coefficient (Wildman–Crippen LogP) is 2.09. The van der Waals surface area contributed by atoms with E-state index in [1.54, 1.807) is 6.26 Å². The van der Waals surface area contributed by atoms with Crippen LogP contribution in [-0.4, -0.2) is 36.0 Å². The van der Waals surface area contributed by atoms with Crippen molar-refractivity contribution >= 4 is 27.7 Å². The van der Waals surface area contributed by atoms with Crippen molar-refractivity contribution in [3.05, 3.63) is 22.6 Å². The summed E-state index contributed by atoms with van der Waals surface area (Å²) in [6.07, 6.45) is 1.71. The molecule has 1 aromatic rings. The third-order valence-electron chi connectivity index (χ3n) is 2.66. The summed E-state index contributed by atoms with van der Waals surface area (Å²) in [7, 11) is 0. The standard InChI is InChI=1S/C10H15BrN2OS/c11-8-1-4-14-10(8)9(7-12)13-2-5-15-6-3-13/h1,4,9H,2-3,5-7,12H2. The van der Waals surface area contributed by atoms with E-state index in [0.29, 0.717) is 6.54 Å². The van der Waals surface area contributed by atoms with Crippen molar-refractivity contribution in [2.45, 2.75) is 6.04 Å². The Morgan fingerprint density at radius 3 is 2.80 bits per heavy atom. The summed E-state index contributed by atoms with van der Waals surface area (Å²) in [4.78, 5) is 2.40. The predicted molar refractivity (Wildman–Crippen MR) is 67.1 cm³/mol. The highest BCUT2D eigenvalue weighted by Crippen LogP contribution is 2.29. The molecule has 2 rings (SSSR count). The third kappa shape index (κ3) is 2.58. The van der Waals surface area contributed by atoms with Crippen molar-refractivity contribution in [2.24, 2.45) is 5.73 Å². The second-order valence-electron chi connectivity index (χ2n) is 3.53. The minimum absolute atomic E-state index is 0.218. The largest absolute Gasteiger partial charge is 0.466 e. The topological polar surface area (TPSA) is 42.4 Å². The number of nitrogens with two attached hydrogens (primary N) is 1. The van der Waals surface area contributed by atoms with Gasteiger partial charge in [0.05, 0.1) is 16.8 Å².